The van der Waals surface area contributed by atoms with Crippen molar-refractivity contribution in [2.45, 2.75) is 59.7 Å². The van der Waals surface area contributed by atoms with E-state index in [9.17, 15) is 19.2 Å². The molecule has 31 heavy (non-hydrogen) atoms. The first kappa shape index (κ1) is 26.1. The van der Waals surface area contributed by atoms with Crippen LogP contribution in [0.15, 0.2) is 24.3 Å². The van der Waals surface area contributed by atoms with Crippen molar-refractivity contribution in [2.75, 3.05) is 6.61 Å². The van der Waals surface area contributed by atoms with Gasteiger partial charge in [0.2, 0.25) is 5.91 Å². The molecule has 0 saturated carbocycles. The van der Waals surface area contributed by atoms with Gasteiger partial charge in [0, 0.05) is 6.92 Å². The van der Waals surface area contributed by atoms with Crippen molar-refractivity contribution in [2.24, 2.45) is 17.6 Å². The van der Waals surface area contributed by atoms with E-state index in [-0.39, 0.29) is 24.0 Å². The Balaban J connectivity index is 2.59. The highest BCUT2D eigenvalue weighted by Crippen LogP contribution is 2.14. The fourth-order valence-corrected chi connectivity index (χ4v) is 2.46. The molecule has 172 valence electrons. The first-order valence-corrected chi connectivity index (χ1v) is 10.1. The maximum Gasteiger partial charge on any atom is 0.338 e. The quantitative estimate of drug-likeness (QED) is 0.419. The van der Waals surface area contributed by atoms with Crippen LogP contribution >= 0.6 is 0 Å². The SMILES string of the molecule is CC(=O)Oc1ccc(C(=O)OCC(C)OC(=O)[C@@H](NC(=O)[C@@H](N)C(C)C)C(C)C)cc1. The van der Waals surface area contributed by atoms with E-state index in [4.69, 9.17) is 19.9 Å². The van der Waals surface area contributed by atoms with Gasteiger partial charge in [-0.3, -0.25) is 9.59 Å². The second-order valence-electron chi connectivity index (χ2n) is 7.96. The van der Waals surface area contributed by atoms with Crippen LogP contribution in [0.5, 0.6) is 5.75 Å². The van der Waals surface area contributed by atoms with E-state index < -0.39 is 42.0 Å². The highest BCUT2D eigenvalue weighted by Gasteiger charge is 2.30. The highest BCUT2D eigenvalue weighted by molar-refractivity contribution is 5.90. The van der Waals surface area contributed by atoms with E-state index >= 15 is 0 Å². The van der Waals surface area contributed by atoms with Crippen LogP contribution in [0.4, 0.5) is 0 Å². The topological polar surface area (TPSA) is 134 Å². The van der Waals surface area contributed by atoms with E-state index in [1.54, 1.807) is 20.8 Å². The normalized spacial score (nSPS) is 13.8. The van der Waals surface area contributed by atoms with Crippen molar-refractivity contribution in [3.63, 3.8) is 0 Å². The van der Waals surface area contributed by atoms with E-state index in [0.717, 1.165) is 0 Å². The third-order valence-electron chi connectivity index (χ3n) is 4.36. The lowest BCUT2D eigenvalue weighted by Crippen LogP contribution is -2.53. The molecule has 0 saturated heterocycles. The maximum absolute atomic E-state index is 12.5. The molecule has 1 amide bonds. The molecule has 0 aliphatic heterocycles. The number of nitrogens with two attached hydrogens (primary N) is 1. The Morgan fingerprint density at radius 3 is 2.03 bits per heavy atom. The molecule has 0 aliphatic carbocycles. The van der Waals surface area contributed by atoms with Gasteiger partial charge >= 0.3 is 17.9 Å². The minimum absolute atomic E-state index is 0.0785. The summed E-state index contributed by atoms with van der Waals surface area (Å²) in [6.07, 6.45) is -0.728. The number of esters is 3. The Bertz CT molecular complexity index is 775. The number of carbonyl (C=O) groups excluding carboxylic acids is 4. The Hall–Kier alpha value is -2.94. The van der Waals surface area contributed by atoms with Gasteiger partial charge in [-0.25, -0.2) is 9.59 Å². The van der Waals surface area contributed by atoms with E-state index in [1.807, 2.05) is 13.8 Å². The molecule has 9 nitrogen and oxygen atoms in total. The molecular formula is C22H32N2O7. The fraction of sp³-hybridized carbons (Fsp3) is 0.545. The molecule has 0 radical (unpaired) electrons. The van der Waals surface area contributed by atoms with Gasteiger partial charge in [-0.15, -0.1) is 0 Å². The molecule has 1 unspecified atom stereocenters. The number of hydrogen-bond acceptors (Lipinski definition) is 8. The third kappa shape index (κ3) is 8.75. The first-order valence-electron chi connectivity index (χ1n) is 10.1. The van der Waals surface area contributed by atoms with Crippen molar-refractivity contribution in [3.8, 4) is 5.75 Å². The van der Waals surface area contributed by atoms with Gasteiger partial charge in [-0.05, 0) is 43.0 Å². The smallest absolute Gasteiger partial charge is 0.338 e. The summed E-state index contributed by atoms with van der Waals surface area (Å²) in [7, 11) is 0. The predicted molar refractivity (Wildman–Crippen MR) is 113 cm³/mol. The summed E-state index contributed by atoms with van der Waals surface area (Å²) in [5.41, 5.74) is 6.09. The maximum atomic E-state index is 12.5. The molecule has 0 fully saturated rings. The predicted octanol–water partition coefficient (Wildman–Crippen LogP) is 1.82. The third-order valence-corrected chi connectivity index (χ3v) is 4.36. The molecule has 1 aromatic rings. The Morgan fingerprint density at radius 2 is 1.55 bits per heavy atom. The highest BCUT2D eigenvalue weighted by atomic mass is 16.6. The number of ether oxygens (including phenoxy) is 3. The van der Waals surface area contributed by atoms with Gasteiger partial charge in [-0.1, -0.05) is 27.7 Å². The standard InChI is InChI=1S/C22H32N2O7/c1-12(2)18(23)20(26)24-19(13(3)4)22(28)30-14(5)11-29-21(27)16-7-9-17(10-8-16)31-15(6)25/h7-10,12-14,18-19H,11,23H2,1-6H3,(H,24,26)/t14?,18-,19-/m0/s1. The molecule has 3 atom stereocenters. The summed E-state index contributed by atoms with van der Waals surface area (Å²) in [4.78, 5) is 47.8. The molecule has 0 bridgehead atoms. The lowest BCUT2D eigenvalue weighted by atomic mass is 10.0. The second kappa shape index (κ2) is 12.0. The summed E-state index contributed by atoms with van der Waals surface area (Å²) >= 11 is 0. The van der Waals surface area contributed by atoms with Gasteiger partial charge in [0.15, 0.2) is 0 Å². The van der Waals surface area contributed by atoms with Gasteiger partial charge in [0.05, 0.1) is 11.6 Å². The van der Waals surface area contributed by atoms with Gasteiger partial charge in [0.1, 0.15) is 24.5 Å². The Labute approximate surface area is 182 Å². The average Bonchev–Trinajstić information content (AvgIpc) is 2.68. The number of benzene rings is 1. The van der Waals surface area contributed by atoms with Crippen molar-refractivity contribution in [1.82, 2.24) is 5.32 Å². The number of amides is 1. The van der Waals surface area contributed by atoms with Crippen LogP contribution < -0.4 is 15.8 Å². The Kier molecular flexibility index (Phi) is 10.1. The molecule has 3 N–H and O–H groups in total. The van der Waals surface area contributed by atoms with Crippen LogP contribution in [0, 0.1) is 11.8 Å². The van der Waals surface area contributed by atoms with Crippen LogP contribution in [-0.2, 0) is 23.9 Å². The fourth-order valence-electron chi connectivity index (χ4n) is 2.46. The zero-order valence-electron chi connectivity index (χ0n) is 18.8. The summed E-state index contributed by atoms with van der Waals surface area (Å²) < 4.78 is 15.4. The van der Waals surface area contributed by atoms with Crippen molar-refractivity contribution >= 4 is 23.8 Å². The zero-order valence-corrected chi connectivity index (χ0v) is 18.8. The lowest BCUT2D eigenvalue weighted by molar-refractivity contribution is -0.155. The van der Waals surface area contributed by atoms with Gasteiger partial charge < -0.3 is 25.3 Å². The number of nitrogens with one attached hydrogen (secondary N) is 1. The zero-order chi connectivity index (χ0) is 23.7. The molecular weight excluding hydrogens is 404 g/mol. The molecule has 0 aromatic heterocycles. The number of rotatable bonds is 10. The van der Waals surface area contributed by atoms with Crippen molar-refractivity contribution in [1.29, 1.82) is 0 Å². The van der Waals surface area contributed by atoms with Crippen LogP contribution in [0.3, 0.4) is 0 Å². The molecule has 0 heterocycles. The van der Waals surface area contributed by atoms with Crippen molar-refractivity contribution < 1.29 is 33.4 Å². The minimum atomic E-state index is -0.871. The van der Waals surface area contributed by atoms with E-state index in [0.29, 0.717) is 5.75 Å². The summed E-state index contributed by atoms with van der Waals surface area (Å²) in [5, 5.41) is 2.63. The molecule has 0 spiro atoms. The van der Waals surface area contributed by atoms with Crippen molar-refractivity contribution in [3.05, 3.63) is 29.8 Å². The first-order chi connectivity index (χ1) is 14.4. The largest absolute Gasteiger partial charge is 0.458 e. The molecule has 9 heteroatoms. The minimum Gasteiger partial charge on any atom is -0.458 e. The number of hydrogen-bond donors (Lipinski definition) is 2. The summed E-state index contributed by atoms with van der Waals surface area (Å²) in [6.45, 7) is 9.86. The van der Waals surface area contributed by atoms with E-state index in [2.05, 4.69) is 5.32 Å². The van der Waals surface area contributed by atoms with Crippen LogP contribution in [-0.4, -0.2) is 48.6 Å². The van der Waals surface area contributed by atoms with Crippen LogP contribution in [0.2, 0.25) is 0 Å². The van der Waals surface area contributed by atoms with E-state index in [1.165, 1.54) is 31.2 Å². The van der Waals surface area contributed by atoms with Crippen LogP contribution in [0.1, 0.15) is 51.9 Å². The molecule has 1 rings (SSSR count). The van der Waals surface area contributed by atoms with Crippen LogP contribution in [0.25, 0.3) is 0 Å². The summed E-state index contributed by atoms with van der Waals surface area (Å²) in [5.74, 6) is -2.13. The molecule has 1 aromatic carbocycles. The van der Waals surface area contributed by atoms with Gasteiger partial charge in [0.25, 0.3) is 0 Å². The number of carbonyl (C=O) groups is 4. The molecule has 0 aliphatic rings. The van der Waals surface area contributed by atoms with Gasteiger partial charge in [-0.2, -0.15) is 0 Å². The average molecular weight is 437 g/mol. The Morgan fingerprint density at radius 1 is 0.968 bits per heavy atom. The lowest BCUT2D eigenvalue weighted by Gasteiger charge is -2.25. The monoisotopic (exact) mass is 436 g/mol. The second-order valence-corrected chi connectivity index (χ2v) is 7.96. The summed E-state index contributed by atoms with van der Waals surface area (Å²) in [6, 6.07) is 4.25.